The molecule has 1 saturated carbocycles. The first-order valence-electron chi connectivity index (χ1n) is 11.2. The summed E-state index contributed by atoms with van der Waals surface area (Å²) in [6, 6.07) is 9.56. The Hall–Kier alpha value is -3.46. The molecule has 0 amide bonds. The van der Waals surface area contributed by atoms with E-state index < -0.39 is 5.60 Å². The molecule has 0 unspecified atom stereocenters. The number of benzene rings is 1. The number of hydrazone groups is 1. The summed E-state index contributed by atoms with van der Waals surface area (Å²) < 4.78 is 0. The monoisotopic (exact) mass is 451 g/mol. The predicted octanol–water partition coefficient (Wildman–Crippen LogP) is 2.81. The number of nitrogens with zero attached hydrogens (tertiary/aromatic N) is 3. The number of anilines is 1. The van der Waals surface area contributed by atoms with Gasteiger partial charge in [-0.3, -0.25) is 9.79 Å². The molecular weight excluding hydrogens is 418 g/mol. The molecule has 9 nitrogen and oxygen atoms in total. The molecule has 1 aromatic heterocycles. The van der Waals surface area contributed by atoms with Crippen LogP contribution in [0.4, 0.5) is 11.4 Å². The normalized spacial score (nSPS) is 16.3. The van der Waals surface area contributed by atoms with Gasteiger partial charge in [0.2, 0.25) is 0 Å². The highest BCUT2D eigenvalue weighted by atomic mass is 16.3. The topological polar surface area (TPSA) is 154 Å². The zero-order chi connectivity index (χ0) is 23.8. The third-order valence-corrected chi connectivity index (χ3v) is 5.62. The second-order valence-electron chi connectivity index (χ2n) is 8.78. The first-order valence-corrected chi connectivity index (χ1v) is 11.2. The molecule has 1 aliphatic carbocycles. The van der Waals surface area contributed by atoms with E-state index in [9.17, 15) is 9.90 Å². The molecule has 0 spiro atoms. The van der Waals surface area contributed by atoms with E-state index in [0.29, 0.717) is 35.2 Å². The highest BCUT2D eigenvalue weighted by molar-refractivity contribution is 6.33. The Bertz CT molecular complexity index is 1070. The van der Waals surface area contributed by atoms with Gasteiger partial charge in [0.15, 0.2) is 0 Å². The van der Waals surface area contributed by atoms with Crippen LogP contribution in [0.2, 0.25) is 0 Å². The summed E-state index contributed by atoms with van der Waals surface area (Å²) in [4.78, 5) is 24.0. The zero-order valence-corrected chi connectivity index (χ0v) is 19.2. The lowest BCUT2D eigenvalue weighted by Crippen LogP contribution is -2.33. The molecule has 176 valence electrons. The molecule has 1 fully saturated rings. The fourth-order valence-electron chi connectivity index (χ4n) is 3.78. The molecule has 9 heteroatoms. The van der Waals surface area contributed by atoms with Crippen LogP contribution in [0.15, 0.2) is 56.4 Å². The smallest absolute Gasteiger partial charge is 0.261 e. The Balaban J connectivity index is 1.73. The number of hydrogen-bond donors (Lipinski definition) is 5. The van der Waals surface area contributed by atoms with E-state index in [-0.39, 0.29) is 11.4 Å². The third-order valence-electron chi connectivity index (χ3n) is 5.62. The molecule has 0 saturated heterocycles. The molecule has 1 heterocycles. The summed E-state index contributed by atoms with van der Waals surface area (Å²) in [7, 11) is 0. The molecule has 0 radical (unpaired) electrons. The summed E-state index contributed by atoms with van der Waals surface area (Å²) in [6.07, 6.45) is 8.89. The fourth-order valence-corrected chi connectivity index (χ4v) is 3.78. The van der Waals surface area contributed by atoms with E-state index in [0.717, 1.165) is 18.4 Å². The number of aromatic amines is 1. The number of aromatic nitrogens is 1. The highest BCUT2D eigenvalue weighted by Gasteiger charge is 2.19. The van der Waals surface area contributed by atoms with Gasteiger partial charge in [0.1, 0.15) is 22.7 Å². The molecule has 0 atom stereocenters. The molecule has 0 bridgehead atoms. The largest absolute Gasteiger partial charge is 0.384 e. The average Bonchev–Trinajstić information content (AvgIpc) is 2.77. The minimum Gasteiger partial charge on any atom is -0.384 e. The Morgan fingerprint density at radius 1 is 1.21 bits per heavy atom. The van der Waals surface area contributed by atoms with Crippen molar-refractivity contribution in [2.24, 2.45) is 26.7 Å². The van der Waals surface area contributed by atoms with Crippen molar-refractivity contribution in [3.8, 4) is 0 Å². The number of amidine groups is 1. The number of hydrogen-bond acceptors (Lipinski definition) is 7. The zero-order valence-electron chi connectivity index (χ0n) is 19.2. The highest BCUT2D eigenvalue weighted by Crippen LogP contribution is 2.23. The number of nitrogens with two attached hydrogens (primary N) is 2. The van der Waals surface area contributed by atoms with Crippen molar-refractivity contribution >= 4 is 29.1 Å². The number of H-pyrrole nitrogens is 1. The number of aliphatic imine (C=N–C) groups is 2. The standard InChI is InChI=1S/C24H33N7O2/c1-24(2,33)20(31-26)15-27-14-16-8-10-18(11-9-16)30-22(25)21-19(12-13-28-23(21)32)29-17-6-4-3-5-7-17/h8-13,15,17,33H,3-7,14,26H2,1-2H3,(H2,25,30)(H2,28,29,32). The van der Waals surface area contributed by atoms with Crippen molar-refractivity contribution in [2.75, 3.05) is 5.32 Å². The lowest BCUT2D eigenvalue weighted by molar-refractivity contribution is 0.156. The average molecular weight is 452 g/mol. The number of aliphatic hydroxyl groups is 1. The van der Waals surface area contributed by atoms with Crippen LogP contribution in [0.3, 0.4) is 0 Å². The maximum Gasteiger partial charge on any atom is 0.261 e. The van der Waals surface area contributed by atoms with Crippen LogP contribution in [0.5, 0.6) is 0 Å². The lowest BCUT2D eigenvalue weighted by atomic mass is 9.95. The summed E-state index contributed by atoms with van der Waals surface area (Å²) in [6.45, 7) is 3.58. The lowest BCUT2D eigenvalue weighted by Gasteiger charge is -2.24. The van der Waals surface area contributed by atoms with E-state index >= 15 is 0 Å². The molecule has 33 heavy (non-hydrogen) atoms. The second-order valence-corrected chi connectivity index (χ2v) is 8.78. The summed E-state index contributed by atoms with van der Waals surface area (Å²) in [5, 5.41) is 17.0. The minimum atomic E-state index is -1.16. The van der Waals surface area contributed by atoms with Gasteiger partial charge in [-0.2, -0.15) is 5.10 Å². The third kappa shape index (κ3) is 6.76. The van der Waals surface area contributed by atoms with E-state index in [1.165, 1.54) is 25.5 Å². The van der Waals surface area contributed by atoms with Gasteiger partial charge in [-0.15, -0.1) is 0 Å². The van der Waals surface area contributed by atoms with Crippen molar-refractivity contribution in [1.82, 2.24) is 4.98 Å². The number of nitrogens with one attached hydrogen (secondary N) is 2. The predicted molar refractivity (Wildman–Crippen MR) is 135 cm³/mol. The van der Waals surface area contributed by atoms with Crippen molar-refractivity contribution in [2.45, 2.75) is 64.1 Å². The Kier molecular flexibility index (Phi) is 8.00. The van der Waals surface area contributed by atoms with Crippen LogP contribution in [-0.4, -0.2) is 39.5 Å². The van der Waals surface area contributed by atoms with E-state index in [2.05, 4.69) is 25.4 Å². The van der Waals surface area contributed by atoms with Crippen molar-refractivity contribution in [3.05, 3.63) is 58.0 Å². The molecule has 1 aliphatic rings. The van der Waals surface area contributed by atoms with Gasteiger partial charge in [0.25, 0.3) is 5.56 Å². The van der Waals surface area contributed by atoms with Crippen LogP contribution in [0.1, 0.15) is 57.1 Å². The molecular formula is C24H33N7O2. The maximum atomic E-state index is 12.5. The fraction of sp³-hybridized carbons (Fsp3) is 0.417. The van der Waals surface area contributed by atoms with Crippen LogP contribution in [0.25, 0.3) is 0 Å². The van der Waals surface area contributed by atoms with E-state index in [4.69, 9.17) is 11.6 Å². The number of rotatable bonds is 8. The minimum absolute atomic E-state index is 0.162. The maximum absolute atomic E-state index is 12.5. The Labute approximate surface area is 193 Å². The second kappa shape index (κ2) is 10.9. The van der Waals surface area contributed by atoms with Crippen molar-refractivity contribution in [1.29, 1.82) is 0 Å². The van der Waals surface area contributed by atoms with Gasteiger partial charge in [-0.05, 0) is 50.5 Å². The van der Waals surface area contributed by atoms with Crippen molar-refractivity contribution < 1.29 is 5.11 Å². The summed E-state index contributed by atoms with van der Waals surface area (Å²) in [5.41, 5.74) is 7.76. The first kappa shape index (κ1) is 24.2. The molecule has 7 N–H and O–H groups in total. The van der Waals surface area contributed by atoms with Crippen LogP contribution < -0.4 is 22.5 Å². The Morgan fingerprint density at radius 2 is 1.91 bits per heavy atom. The van der Waals surface area contributed by atoms with Crippen LogP contribution in [0, 0.1) is 0 Å². The molecule has 2 aromatic rings. The molecule has 1 aromatic carbocycles. The van der Waals surface area contributed by atoms with Gasteiger partial charge in [-0.1, -0.05) is 31.4 Å². The van der Waals surface area contributed by atoms with Gasteiger partial charge in [0, 0.05) is 18.5 Å². The van der Waals surface area contributed by atoms with Gasteiger partial charge < -0.3 is 27.0 Å². The molecule has 3 rings (SSSR count). The van der Waals surface area contributed by atoms with Crippen LogP contribution in [-0.2, 0) is 6.54 Å². The Morgan fingerprint density at radius 3 is 2.55 bits per heavy atom. The van der Waals surface area contributed by atoms with Gasteiger partial charge in [-0.25, -0.2) is 4.99 Å². The quantitative estimate of drug-likeness (QED) is 0.181. The van der Waals surface area contributed by atoms with Gasteiger partial charge >= 0.3 is 0 Å². The van der Waals surface area contributed by atoms with E-state index in [1.807, 2.05) is 30.3 Å². The first-order chi connectivity index (χ1) is 15.8. The SMILES string of the molecule is CC(C)(O)C(C=NCc1ccc(N=C(N)c2c(NC3CCCCC3)cc[nH]c2=O)cc1)=NN. The van der Waals surface area contributed by atoms with Crippen molar-refractivity contribution in [3.63, 3.8) is 0 Å². The molecule has 0 aliphatic heterocycles. The van der Waals surface area contributed by atoms with E-state index in [1.54, 1.807) is 20.0 Å². The number of pyridine rings is 1. The van der Waals surface area contributed by atoms with Gasteiger partial charge in [0.05, 0.1) is 17.9 Å². The van der Waals surface area contributed by atoms with Crippen LogP contribution >= 0.6 is 0 Å². The summed E-state index contributed by atoms with van der Waals surface area (Å²) in [5.74, 6) is 5.47. The summed E-state index contributed by atoms with van der Waals surface area (Å²) >= 11 is 0.